The summed E-state index contributed by atoms with van der Waals surface area (Å²) in [6.07, 6.45) is 10.9. The maximum absolute atomic E-state index is 10.5. The van der Waals surface area contributed by atoms with Crippen molar-refractivity contribution in [1.29, 1.82) is 0 Å². The number of hydrogen-bond donors (Lipinski definition) is 4. The van der Waals surface area contributed by atoms with Gasteiger partial charge in [-0.05, 0) is 25.2 Å². The number of rotatable bonds is 12. The minimum absolute atomic E-state index is 0.0863. The predicted octanol–water partition coefficient (Wildman–Crippen LogP) is 3.15. The molecule has 1 aliphatic rings. The first-order valence-electron chi connectivity index (χ1n) is 9.21. The Morgan fingerprint density at radius 1 is 1.24 bits per heavy atom. The van der Waals surface area contributed by atoms with Gasteiger partial charge in [-0.1, -0.05) is 50.5 Å². The lowest BCUT2D eigenvalue weighted by Crippen LogP contribution is -2.20. The molecule has 1 rings (SSSR count). The fraction of sp³-hybridized carbons (Fsp3) is 0.737. The Morgan fingerprint density at radius 2 is 2.00 bits per heavy atom. The van der Waals surface area contributed by atoms with Gasteiger partial charge in [0, 0.05) is 18.8 Å². The van der Waals surface area contributed by atoms with Crippen LogP contribution < -0.4 is 0 Å². The van der Waals surface area contributed by atoms with Crippen LogP contribution in [0.4, 0.5) is 0 Å². The minimum Gasteiger partial charge on any atom is -0.481 e. The van der Waals surface area contributed by atoms with E-state index in [2.05, 4.69) is 11.8 Å². The van der Waals surface area contributed by atoms with Crippen molar-refractivity contribution in [1.82, 2.24) is 0 Å². The summed E-state index contributed by atoms with van der Waals surface area (Å²) in [5.41, 5.74) is 0. The number of unbranched alkanes of at least 4 members (excludes halogenated alkanes) is 2. The van der Waals surface area contributed by atoms with Gasteiger partial charge >= 0.3 is 5.97 Å². The Balaban J connectivity index is 2.57. The smallest absolute Gasteiger partial charge is 0.303 e. The van der Waals surface area contributed by atoms with Crippen molar-refractivity contribution in [2.24, 2.45) is 11.8 Å². The van der Waals surface area contributed by atoms with E-state index in [-0.39, 0.29) is 18.3 Å². The number of aliphatic hydroxyl groups is 2. The number of carboxylic acid groups (broad SMARTS) is 1. The summed E-state index contributed by atoms with van der Waals surface area (Å²) < 4.78 is 0. The van der Waals surface area contributed by atoms with Gasteiger partial charge in [0.1, 0.15) is 6.10 Å². The van der Waals surface area contributed by atoms with Crippen LogP contribution in [0, 0.1) is 11.8 Å². The van der Waals surface area contributed by atoms with E-state index < -0.39 is 24.3 Å². The summed E-state index contributed by atoms with van der Waals surface area (Å²) in [6, 6.07) is 0. The van der Waals surface area contributed by atoms with Crippen LogP contribution in [0.3, 0.4) is 0 Å². The number of hydrogen-bond acceptors (Lipinski definition) is 5. The molecular weight excluding hydrogens is 324 g/mol. The third kappa shape index (κ3) is 8.14. The molecule has 0 aliphatic heterocycles. The molecule has 1 aliphatic carbocycles. The SMILES string of the molecule is CCCCCC(/C=C/[C@@H]1[C@@H](C/C=C/CCC(=O)O)[C@@H](O)C[C@H]1O)OO. The van der Waals surface area contributed by atoms with E-state index in [0.717, 1.165) is 19.3 Å². The van der Waals surface area contributed by atoms with E-state index in [0.29, 0.717) is 25.7 Å². The molecule has 0 heterocycles. The molecule has 144 valence electrons. The van der Waals surface area contributed by atoms with Crippen molar-refractivity contribution in [2.45, 2.75) is 76.6 Å². The Labute approximate surface area is 149 Å². The molecule has 0 aromatic carbocycles. The molecule has 25 heavy (non-hydrogen) atoms. The number of aliphatic hydroxyl groups excluding tert-OH is 2. The molecule has 0 radical (unpaired) electrons. The predicted molar refractivity (Wildman–Crippen MR) is 95.0 cm³/mol. The number of carbonyl (C=O) groups is 1. The Kier molecular flexibility index (Phi) is 10.6. The first-order chi connectivity index (χ1) is 12.0. The zero-order chi connectivity index (χ0) is 18.7. The fourth-order valence-corrected chi connectivity index (χ4v) is 3.32. The van der Waals surface area contributed by atoms with Crippen LogP contribution in [0.1, 0.15) is 58.3 Å². The van der Waals surface area contributed by atoms with E-state index in [1.807, 2.05) is 12.2 Å². The minimum atomic E-state index is -0.833. The lowest BCUT2D eigenvalue weighted by molar-refractivity contribution is -0.267. The van der Waals surface area contributed by atoms with E-state index in [9.17, 15) is 15.0 Å². The van der Waals surface area contributed by atoms with Gasteiger partial charge in [-0.2, -0.15) is 0 Å². The van der Waals surface area contributed by atoms with Gasteiger partial charge in [-0.25, -0.2) is 4.89 Å². The van der Waals surface area contributed by atoms with Gasteiger partial charge in [0.05, 0.1) is 12.2 Å². The fourth-order valence-electron chi connectivity index (χ4n) is 3.32. The second kappa shape index (κ2) is 12.2. The van der Waals surface area contributed by atoms with Gasteiger partial charge in [-0.15, -0.1) is 0 Å². The summed E-state index contributed by atoms with van der Waals surface area (Å²) in [5.74, 6) is -1.16. The molecule has 0 aromatic heterocycles. The van der Waals surface area contributed by atoms with Crippen LogP contribution >= 0.6 is 0 Å². The topological polar surface area (TPSA) is 107 Å². The molecule has 1 unspecified atom stereocenters. The molecule has 6 nitrogen and oxygen atoms in total. The van der Waals surface area contributed by atoms with Gasteiger partial charge in [0.25, 0.3) is 0 Å². The molecule has 5 atom stereocenters. The van der Waals surface area contributed by atoms with Crippen LogP contribution in [0.5, 0.6) is 0 Å². The number of allylic oxidation sites excluding steroid dienone is 2. The van der Waals surface area contributed by atoms with Gasteiger partial charge in [0.2, 0.25) is 0 Å². The highest BCUT2D eigenvalue weighted by atomic mass is 17.1. The zero-order valence-corrected chi connectivity index (χ0v) is 15.0. The first-order valence-corrected chi connectivity index (χ1v) is 9.21. The largest absolute Gasteiger partial charge is 0.481 e. The summed E-state index contributed by atoms with van der Waals surface area (Å²) in [7, 11) is 0. The molecule has 4 N–H and O–H groups in total. The van der Waals surface area contributed by atoms with Crippen LogP contribution in [-0.2, 0) is 9.68 Å². The van der Waals surface area contributed by atoms with Crippen molar-refractivity contribution in [2.75, 3.05) is 0 Å². The summed E-state index contributed by atoms with van der Waals surface area (Å²) >= 11 is 0. The highest BCUT2D eigenvalue weighted by Crippen LogP contribution is 2.36. The summed E-state index contributed by atoms with van der Waals surface area (Å²) in [6.45, 7) is 2.11. The average Bonchev–Trinajstić information content (AvgIpc) is 2.83. The van der Waals surface area contributed by atoms with E-state index >= 15 is 0 Å². The molecule has 0 amide bonds. The van der Waals surface area contributed by atoms with E-state index in [1.54, 1.807) is 12.2 Å². The average molecular weight is 356 g/mol. The lowest BCUT2D eigenvalue weighted by Gasteiger charge is -2.20. The lowest BCUT2D eigenvalue weighted by atomic mass is 9.89. The zero-order valence-electron chi connectivity index (χ0n) is 15.0. The second-order valence-corrected chi connectivity index (χ2v) is 6.78. The molecule has 1 saturated carbocycles. The molecule has 1 fully saturated rings. The summed E-state index contributed by atoms with van der Waals surface area (Å²) in [5, 5.41) is 38.0. The summed E-state index contributed by atoms with van der Waals surface area (Å²) in [4.78, 5) is 15.0. The quantitative estimate of drug-likeness (QED) is 0.185. The van der Waals surface area contributed by atoms with Crippen molar-refractivity contribution in [3.63, 3.8) is 0 Å². The van der Waals surface area contributed by atoms with Crippen LogP contribution in [0.15, 0.2) is 24.3 Å². The van der Waals surface area contributed by atoms with E-state index in [4.69, 9.17) is 10.4 Å². The number of aliphatic carboxylic acids is 1. The molecule has 0 saturated heterocycles. The highest BCUT2D eigenvalue weighted by Gasteiger charge is 2.39. The maximum Gasteiger partial charge on any atom is 0.303 e. The van der Waals surface area contributed by atoms with Crippen molar-refractivity contribution in [3.8, 4) is 0 Å². The highest BCUT2D eigenvalue weighted by molar-refractivity contribution is 5.66. The molecule has 0 bridgehead atoms. The van der Waals surface area contributed by atoms with Crippen LogP contribution in [0.25, 0.3) is 0 Å². The van der Waals surface area contributed by atoms with Crippen LogP contribution in [0.2, 0.25) is 0 Å². The van der Waals surface area contributed by atoms with Gasteiger partial charge < -0.3 is 15.3 Å². The van der Waals surface area contributed by atoms with Crippen molar-refractivity contribution in [3.05, 3.63) is 24.3 Å². The maximum atomic E-state index is 10.5. The van der Waals surface area contributed by atoms with Gasteiger partial charge in [0.15, 0.2) is 0 Å². The normalized spacial score (nSPS) is 28.2. The molecule has 0 spiro atoms. The Morgan fingerprint density at radius 3 is 2.64 bits per heavy atom. The monoisotopic (exact) mass is 356 g/mol. The third-order valence-electron chi connectivity index (χ3n) is 4.79. The van der Waals surface area contributed by atoms with E-state index in [1.165, 1.54) is 0 Å². The molecular formula is C19H32O6. The number of carboxylic acids is 1. The van der Waals surface area contributed by atoms with Crippen molar-refractivity contribution >= 4 is 5.97 Å². The Hall–Kier alpha value is -1.21. The third-order valence-corrected chi connectivity index (χ3v) is 4.79. The first kappa shape index (κ1) is 21.8. The second-order valence-electron chi connectivity index (χ2n) is 6.78. The Bertz CT molecular complexity index is 434. The van der Waals surface area contributed by atoms with Crippen LogP contribution in [-0.4, -0.2) is 44.9 Å². The molecule has 6 heteroatoms. The molecule has 0 aromatic rings. The van der Waals surface area contributed by atoms with Crippen molar-refractivity contribution < 1.29 is 30.3 Å². The van der Waals surface area contributed by atoms with Gasteiger partial charge in [-0.3, -0.25) is 10.1 Å². The standard InChI is InChI=1S/C19H32O6/c1-2-3-5-8-14(25-24)11-12-16-15(17(20)13-18(16)21)9-6-4-7-10-19(22)23/h4,6,11-12,14-18,20-21,24H,2-3,5,7-10,13H2,1H3,(H,22,23)/b6-4+,12-11+/t14?,15-,16-,17+,18-/m1/s1.